The van der Waals surface area contributed by atoms with Gasteiger partial charge in [-0.2, -0.15) is 0 Å². The number of benzene rings is 1. The molecule has 1 aromatic rings. The Balaban J connectivity index is 2.87. The maximum Gasteiger partial charge on any atom is 0.514 e. The van der Waals surface area contributed by atoms with Gasteiger partial charge in [0, 0.05) is 0 Å². The van der Waals surface area contributed by atoms with Crippen LogP contribution < -0.4 is 15.2 Å². The van der Waals surface area contributed by atoms with Crippen molar-refractivity contribution in [2.45, 2.75) is 105 Å². The van der Waals surface area contributed by atoms with Crippen molar-refractivity contribution in [3.63, 3.8) is 0 Å². The Morgan fingerprint density at radius 3 is 1.86 bits per heavy atom. The van der Waals surface area contributed by atoms with E-state index in [1.54, 1.807) is 26.8 Å². The molecule has 0 saturated heterocycles. The summed E-state index contributed by atoms with van der Waals surface area (Å²) in [5.41, 5.74) is 6.54. The van der Waals surface area contributed by atoms with E-state index in [0.717, 1.165) is 19.3 Å². The quantitative estimate of drug-likeness (QED) is 0.103. The number of esters is 1. The van der Waals surface area contributed by atoms with Crippen LogP contribution in [-0.2, 0) is 34.9 Å². The summed E-state index contributed by atoms with van der Waals surface area (Å²) in [5, 5.41) is 0. The maximum absolute atomic E-state index is 12.6. The summed E-state index contributed by atoms with van der Waals surface area (Å²) in [5.74, 6) is -0.843. The topological polar surface area (TPSA) is 159 Å². The van der Waals surface area contributed by atoms with Crippen molar-refractivity contribution < 1.29 is 52.3 Å². The fraction of sp³-hybridized carbons (Fsp3) is 0.667. The van der Waals surface area contributed by atoms with E-state index < -0.39 is 48.8 Å². The van der Waals surface area contributed by atoms with Crippen molar-refractivity contribution in [1.29, 1.82) is 0 Å². The van der Waals surface area contributed by atoms with Gasteiger partial charge in [-0.15, -0.1) is 0 Å². The molecule has 0 amide bonds. The number of unbranched alkanes of at least 4 members (excludes halogenated alkanes) is 2. The van der Waals surface area contributed by atoms with Crippen molar-refractivity contribution in [1.82, 2.24) is 0 Å². The van der Waals surface area contributed by atoms with Crippen LogP contribution in [0.25, 0.3) is 0 Å². The summed E-state index contributed by atoms with van der Waals surface area (Å²) >= 11 is 0. The molecule has 0 radical (unpaired) electrons. The van der Waals surface area contributed by atoms with Crippen LogP contribution in [0.1, 0.15) is 80.2 Å². The molecule has 1 rings (SSSR count). The third-order valence-corrected chi connectivity index (χ3v) is 6.32. The van der Waals surface area contributed by atoms with Crippen molar-refractivity contribution in [2.24, 2.45) is 17.6 Å². The first-order valence-electron chi connectivity index (χ1n) is 14.4. The minimum absolute atomic E-state index is 0.00516. The monoisotopic (exact) mass is 597 g/mol. The Morgan fingerprint density at radius 1 is 0.738 bits per heavy atom. The van der Waals surface area contributed by atoms with Gasteiger partial charge in [0.25, 0.3) is 0 Å². The molecule has 1 aromatic carbocycles. The van der Waals surface area contributed by atoms with Crippen molar-refractivity contribution in [3.05, 3.63) is 23.8 Å². The van der Waals surface area contributed by atoms with Crippen molar-refractivity contribution in [3.8, 4) is 11.5 Å². The summed E-state index contributed by atoms with van der Waals surface area (Å²) < 4.78 is 36.4. The zero-order chi connectivity index (χ0) is 31.8. The highest BCUT2D eigenvalue weighted by Crippen LogP contribution is 2.30. The van der Waals surface area contributed by atoms with E-state index in [1.165, 1.54) is 12.1 Å². The van der Waals surface area contributed by atoms with E-state index in [4.69, 9.17) is 38.9 Å². The van der Waals surface area contributed by atoms with Crippen LogP contribution in [0.15, 0.2) is 18.2 Å². The average molecular weight is 598 g/mol. The maximum atomic E-state index is 12.6. The van der Waals surface area contributed by atoms with E-state index >= 15 is 0 Å². The van der Waals surface area contributed by atoms with E-state index in [-0.39, 0.29) is 43.0 Å². The van der Waals surface area contributed by atoms with Crippen LogP contribution in [0.3, 0.4) is 0 Å². The minimum atomic E-state index is -1.10. The lowest BCUT2D eigenvalue weighted by molar-refractivity contribution is -0.152. The zero-order valence-electron chi connectivity index (χ0n) is 26.0. The van der Waals surface area contributed by atoms with Gasteiger partial charge in [0.05, 0.1) is 6.61 Å². The molecule has 0 heterocycles. The van der Waals surface area contributed by atoms with Crippen molar-refractivity contribution in [2.75, 3.05) is 13.2 Å². The summed E-state index contributed by atoms with van der Waals surface area (Å²) in [6.07, 6.45) is -1.75. The molecule has 0 bridgehead atoms. The SMILES string of the molecule is CCCCCOC(=O)OC[C@H](C)OC(=O)[C@@H](N)Cc1ccc(OC(=O)OC(C)C(C)C)c(OC(=O)OC(C)C(C)C)c1. The van der Waals surface area contributed by atoms with Gasteiger partial charge in [-0.3, -0.25) is 4.79 Å². The second-order valence-corrected chi connectivity index (χ2v) is 10.8. The van der Waals surface area contributed by atoms with Crippen LogP contribution in [-0.4, -0.2) is 62.0 Å². The van der Waals surface area contributed by atoms with Gasteiger partial charge in [0.1, 0.15) is 31.0 Å². The number of nitrogens with two attached hydrogens (primary N) is 1. The lowest BCUT2D eigenvalue weighted by Crippen LogP contribution is -2.37. The number of hydrogen-bond donors (Lipinski definition) is 1. The predicted octanol–water partition coefficient (Wildman–Crippen LogP) is 5.95. The molecule has 2 N–H and O–H groups in total. The first-order chi connectivity index (χ1) is 19.7. The van der Waals surface area contributed by atoms with Gasteiger partial charge in [-0.25, -0.2) is 14.4 Å². The highest BCUT2D eigenvalue weighted by atomic mass is 16.8. The molecular weight excluding hydrogens is 550 g/mol. The standard InChI is InChI=1S/C30H47NO11/c1-9-10-11-14-36-28(33)37-17-20(6)38-27(32)24(31)15-23-12-13-25(41-29(34)39-21(7)18(2)3)26(16-23)42-30(35)40-22(8)19(4)5/h12-13,16,18-22,24H,9-11,14-15,17,31H2,1-8H3/t20-,21?,22?,24-/m0/s1. The van der Waals surface area contributed by atoms with Crippen LogP contribution in [0, 0.1) is 11.8 Å². The molecule has 0 spiro atoms. The van der Waals surface area contributed by atoms with Gasteiger partial charge >= 0.3 is 24.4 Å². The number of ether oxygens (including phenoxy) is 7. The molecule has 12 nitrogen and oxygen atoms in total. The molecule has 42 heavy (non-hydrogen) atoms. The molecule has 2 unspecified atom stereocenters. The first kappa shape index (κ1) is 36.5. The molecule has 0 aliphatic heterocycles. The normalized spacial score (nSPS) is 13.9. The molecule has 12 heteroatoms. The molecule has 4 atom stereocenters. The third kappa shape index (κ3) is 14.4. The number of rotatable bonds is 16. The molecular formula is C30H47NO11. The summed E-state index contributed by atoms with van der Waals surface area (Å²) in [6, 6.07) is 3.26. The average Bonchev–Trinajstić information content (AvgIpc) is 2.91. The highest BCUT2D eigenvalue weighted by Gasteiger charge is 2.24. The van der Waals surface area contributed by atoms with Gasteiger partial charge < -0.3 is 38.9 Å². The molecule has 0 aliphatic rings. The van der Waals surface area contributed by atoms with Gasteiger partial charge in [-0.05, 0) is 63.1 Å². The Labute approximate surface area is 248 Å². The summed E-state index contributed by atoms with van der Waals surface area (Å²) in [4.78, 5) is 49.0. The summed E-state index contributed by atoms with van der Waals surface area (Å²) in [7, 11) is 0. The second-order valence-electron chi connectivity index (χ2n) is 10.8. The second kappa shape index (κ2) is 18.8. The van der Waals surface area contributed by atoms with E-state index in [1.807, 2.05) is 34.6 Å². The lowest BCUT2D eigenvalue weighted by Gasteiger charge is -2.19. The third-order valence-electron chi connectivity index (χ3n) is 6.32. The zero-order valence-corrected chi connectivity index (χ0v) is 26.0. The fourth-order valence-corrected chi connectivity index (χ4v) is 3.04. The number of carbonyl (C=O) groups is 4. The largest absolute Gasteiger partial charge is 0.514 e. The van der Waals surface area contributed by atoms with E-state index in [2.05, 4.69) is 0 Å². The molecule has 0 fully saturated rings. The number of carbonyl (C=O) groups excluding carboxylic acids is 4. The highest BCUT2D eigenvalue weighted by molar-refractivity contribution is 5.76. The number of hydrogen-bond acceptors (Lipinski definition) is 12. The van der Waals surface area contributed by atoms with Crippen LogP contribution in [0.5, 0.6) is 11.5 Å². The Bertz CT molecular complexity index is 1010. The molecule has 238 valence electrons. The van der Waals surface area contributed by atoms with Crippen LogP contribution in [0.4, 0.5) is 14.4 Å². The Morgan fingerprint density at radius 2 is 1.31 bits per heavy atom. The van der Waals surface area contributed by atoms with Crippen LogP contribution >= 0.6 is 0 Å². The Hall–Kier alpha value is -3.54. The first-order valence-corrected chi connectivity index (χ1v) is 14.4. The van der Waals surface area contributed by atoms with E-state index in [0.29, 0.717) is 5.56 Å². The van der Waals surface area contributed by atoms with Crippen molar-refractivity contribution >= 4 is 24.4 Å². The van der Waals surface area contributed by atoms with Crippen LogP contribution in [0.2, 0.25) is 0 Å². The smallest absolute Gasteiger partial charge is 0.458 e. The van der Waals surface area contributed by atoms with E-state index in [9.17, 15) is 19.2 Å². The van der Waals surface area contributed by atoms with Gasteiger partial charge in [0.2, 0.25) is 0 Å². The minimum Gasteiger partial charge on any atom is -0.458 e. The predicted molar refractivity (Wildman–Crippen MR) is 153 cm³/mol. The summed E-state index contributed by atoms with van der Waals surface area (Å²) in [6.45, 7) is 14.6. The van der Waals surface area contributed by atoms with Gasteiger partial charge in [0.15, 0.2) is 11.5 Å². The lowest BCUT2D eigenvalue weighted by atomic mass is 10.1. The molecule has 0 aromatic heterocycles. The molecule has 0 aliphatic carbocycles. The Kier molecular flexibility index (Phi) is 16.3. The fourth-order valence-electron chi connectivity index (χ4n) is 3.04. The molecule has 0 saturated carbocycles. The van der Waals surface area contributed by atoms with Gasteiger partial charge in [-0.1, -0.05) is 53.5 Å².